The second kappa shape index (κ2) is 15.4. The molecule has 0 aromatic heterocycles. The van der Waals surface area contributed by atoms with Crippen molar-refractivity contribution in [2.24, 2.45) is 5.10 Å². The Morgan fingerprint density at radius 2 is 1.85 bits per heavy atom. The number of rotatable bonds is 12. The predicted molar refractivity (Wildman–Crippen MR) is 160 cm³/mol. The molecule has 1 atom stereocenters. The molecule has 0 saturated heterocycles. The molecule has 0 fully saturated rings. The van der Waals surface area contributed by atoms with Crippen molar-refractivity contribution in [3.05, 3.63) is 68.3 Å². The van der Waals surface area contributed by atoms with Crippen molar-refractivity contribution in [2.75, 3.05) is 26.4 Å². The van der Waals surface area contributed by atoms with E-state index in [0.29, 0.717) is 37.7 Å². The van der Waals surface area contributed by atoms with E-state index >= 15 is 0 Å². The zero-order chi connectivity index (χ0) is 29.9. The molecule has 218 valence electrons. The molecule has 1 amide bonds. The van der Waals surface area contributed by atoms with Crippen molar-refractivity contribution < 1.29 is 33.3 Å². The van der Waals surface area contributed by atoms with E-state index in [1.165, 1.54) is 6.21 Å². The Hall–Kier alpha value is -3.68. The van der Waals surface area contributed by atoms with E-state index in [0.717, 1.165) is 0 Å². The van der Waals surface area contributed by atoms with Gasteiger partial charge in [0.05, 0.1) is 40.5 Å². The number of ether oxygens (including phenoxy) is 4. The van der Waals surface area contributed by atoms with Gasteiger partial charge in [-0.05, 0) is 72.7 Å². The fourth-order valence-electron chi connectivity index (χ4n) is 3.74. The second-order valence-electron chi connectivity index (χ2n) is 8.32. The van der Waals surface area contributed by atoms with Gasteiger partial charge in [0, 0.05) is 11.3 Å². The first-order valence-electron chi connectivity index (χ1n) is 12.4. The van der Waals surface area contributed by atoms with Gasteiger partial charge in [0.1, 0.15) is 5.75 Å². The van der Waals surface area contributed by atoms with E-state index in [1.54, 1.807) is 57.2 Å². The van der Waals surface area contributed by atoms with Crippen molar-refractivity contribution in [3.63, 3.8) is 0 Å². The molecule has 41 heavy (non-hydrogen) atoms. The number of hydrogen-bond donors (Lipinski definition) is 3. The maximum absolute atomic E-state index is 12.7. The van der Waals surface area contributed by atoms with E-state index in [-0.39, 0.29) is 37.2 Å². The standard InChI is InChI=1S/C27H28BrClN4O7S/c1-4-37-22(35)14-40-25-18(28)10-16(11-19(25)29)12-30-33-21(34)13-39-20-9-7-6-8-17(20)24-23(26(36)38-5-2)15(3)31-27(41)32-24/h6-12,24H,4-5,13-14H2,1-3H3,(H,33,34)(H2,31,32,41)/t24-/m0/s1. The van der Waals surface area contributed by atoms with Gasteiger partial charge in [0.2, 0.25) is 0 Å². The van der Waals surface area contributed by atoms with Crippen LogP contribution in [0.1, 0.15) is 37.9 Å². The minimum Gasteiger partial charge on any atom is -0.483 e. The third kappa shape index (κ3) is 8.90. The molecule has 0 radical (unpaired) electrons. The number of benzene rings is 2. The van der Waals surface area contributed by atoms with Gasteiger partial charge in [-0.1, -0.05) is 29.8 Å². The molecule has 14 heteroatoms. The van der Waals surface area contributed by atoms with E-state index in [9.17, 15) is 14.4 Å². The molecule has 0 saturated carbocycles. The molecule has 1 aliphatic heterocycles. The lowest BCUT2D eigenvalue weighted by Gasteiger charge is -2.30. The number of allylic oxidation sites excluding steroid dienone is 1. The minimum absolute atomic E-state index is 0.210. The fraction of sp³-hybridized carbons (Fsp3) is 0.296. The van der Waals surface area contributed by atoms with Crippen molar-refractivity contribution in [2.45, 2.75) is 26.8 Å². The zero-order valence-electron chi connectivity index (χ0n) is 22.4. The van der Waals surface area contributed by atoms with Crippen LogP contribution in [0.2, 0.25) is 5.02 Å². The van der Waals surface area contributed by atoms with Crippen LogP contribution in [0.15, 0.2) is 57.2 Å². The number of amides is 1. The van der Waals surface area contributed by atoms with E-state index in [2.05, 4.69) is 37.1 Å². The molecule has 3 rings (SSSR count). The lowest BCUT2D eigenvalue weighted by molar-refractivity contribution is -0.145. The van der Waals surface area contributed by atoms with Crippen LogP contribution in [-0.2, 0) is 23.9 Å². The van der Waals surface area contributed by atoms with E-state index in [4.69, 9.17) is 42.8 Å². The van der Waals surface area contributed by atoms with Gasteiger partial charge in [-0.25, -0.2) is 15.0 Å². The summed E-state index contributed by atoms with van der Waals surface area (Å²) in [6.45, 7) is 4.96. The van der Waals surface area contributed by atoms with Crippen LogP contribution >= 0.6 is 39.7 Å². The van der Waals surface area contributed by atoms with Crippen LogP contribution < -0.4 is 25.5 Å². The molecular weight excluding hydrogens is 640 g/mol. The Bertz CT molecular complexity index is 1360. The third-order valence-corrected chi connectivity index (χ3v) is 6.51. The van der Waals surface area contributed by atoms with Crippen molar-refractivity contribution >= 4 is 68.9 Å². The second-order valence-corrected chi connectivity index (χ2v) is 9.99. The van der Waals surface area contributed by atoms with Crippen LogP contribution in [-0.4, -0.2) is 55.6 Å². The molecule has 3 N–H and O–H groups in total. The highest BCUT2D eigenvalue weighted by Gasteiger charge is 2.32. The van der Waals surface area contributed by atoms with Crippen LogP contribution in [0.25, 0.3) is 0 Å². The third-order valence-electron chi connectivity index (χ3n) is 5.42. The molecule has 2 aromatic carbocycles. The average Bonchev–Trinajstić information content (AvgIpc) is 2.91. The highest BCUT2D eigenvalue weighted by Crippen LogP contribution is 2.35. The predicted octanol–water partition coefficient (Wildman–Crippen LogP) is 3.93. The monoisotopic (exact) mass is 666 g/mol. The summed E-state index contributed by atoms with van der Waals surface area (Å²) in [4.78, 5) is 36.7. The Morgan fingerprint density at radius 1 is 1.12 bits per heavy atom. The number of thiocarbonyl (C=S) groups is 1. The average molecular weight is 668 g/mol. The number of nitrogens with zero attached hydrogens (tertiary/aromatic N) is 1. The van der Waals surface area contributed by atoms with Gasteiger partial charge in [-0.3, -0.25) is 4.79 Å². The van der Waals surface area contributed by atoms with Crippen LogP contribution in [0.5, 0.6) is 11.5 Å². The van der Waals surface area contributed by atoms with Crippen LogP contribution in [0.3, 0.4) is 0 Å². The van der Waals surface area contributed by atoms with Gasteiger partial charge >= 0.3 is 11.9 Å². The smallest absolute Gasteiger partial charge is 0.344 e. The van der Waals surface area contributed by atoms with Crippen molar-refractivity contribution in [1.29, 1.82) is 0 Å². The topological polar surface area (TPSA) is 137 Å². The number of nitrogens with one attached hydrogen (secondary N) is 3. The SMILES string of the molecule is CCOC(=O)COc1c(Cl)cc(C=NNC(=O)COc2ccccc2[C@@H]2NC(=S)NC(C)=C2C(=O)OCC)cc1Br. The van der Waals surface area contributed by atoms with Gasteiger partial charge in [-0.2, -0.15) is 5.10 Å². The normalized spacial score (nSPS) is 14.7. The Kier molecular flexibility index (Phi) is 11.9. The summed E-state index contributed by atoms with van der Waals surface area (Å²) >= 11 is 14.9. The lowest BCUT2D eigenvalue weighted by atomic mass is 9.95. The number of esters is 2. The summed E-state index contributed by atoms with van der Waals surface area (Å²) < 4.78 is 21.8. The van der Waals surface area contributed by atoms with Gasteiger partial charge in [0.25, 0.3) is 5.91 Å². The molecule has 0 spiro atoms. The van der Waals surface area contributed by atoms with Crippen LogP contribution in [0, 0.1) is 0 Å². The number of para-hydroxylation sites is 1. The maximum atomic E-state index is 12.7. The molecule has 11 nitrogen and oxygen atoms in total. The van der Waals surface area contributed by atoms with Gasteiger partial charge < -0.3 is 29.6 Å². The van der Waals surface area contributed by atoms with Crippen molar-refractivity contribution in [3.8, 4) is 11.5 Å². The summed E-state index contributed by atoms with van der Waals surface area (Å²) in [5.41, 5.74) is 4.46. The summed E-state index contributed by atoms with van der Waals surface area (Å²) in [6, 6.07) is 9.55. The number of halogens is 2. The summed E-state index contributed by atoms with van der Waals surface area (Å²) in [5.74, 6) is -0.896. The summed E-state index contributed by atoms with van der Waals surface area (Å²) in [6.07, 6.45) is 1.39. The maximum Gasteiger partial charge on any atom is 0.344 e. The Labute approximate surface area is 255 Å². The molecule has 0 bridgehead atoms. The van der Waals surface area contributed by atoms with E-state index < -0.39 is 23.9 Å². The van der Waals surface area contributed by atoms with Gasteiger partial charge in [-0.15, -0.1) is 0 Å². The van der Waals surface area contributed by atoms with E-state index in [1.807, 2.05) is 0 Å². The largest absolute Gasteiger partial charge is 0.483 e. The summed E-state index contributed by atoms with van der Waals surface area (Å²) in [7, 11) is 0. The van der Waals surface area contributed by atoms with Gasteiger partial charge in [0.15, 0.2) is 24.1 Å². The highest BCUT2D eigenvalue weighted by molar-refractivity contribution is 9.10. The Morgan fingerprint density at radius 3 is 2.56 bits per heavy atom. The Balaban J connectivity index is 1.64. The summed E-state index contributed by atoms with van der Waals surface area (Å²) in [5, 5.41) is 10.5. The number of carbonyl (C=O) groups is 3. The molecule has 1 heterocycles. The molecule has 0 aliphatic carbocycles. The molecule has 1 aliphatic rings. The minimum atomic E-state index is -0.646. The molecule has 2 aromatic rings. The first-order valence-corrected chi connectivity index (χ1v) is 14.0. The highest BCUT2D eigenvalue weighted by atomic mass is 79.9. The first kappa shape index (κ1) is 31.8. The van der Waals surface area contributed by atoms with Crippen molar-refractivity contribution in [1.82, 2.24) is 16.1 Å². The fourth-order valence-corrected chi connectivity index (χ4v) is 5.00. The molecular formula is C27H28BrClN4O7S. The van der Waals surface area contributed by atoms with Crippen LogP contribution in [0.4, 0.5) is 0 Å². The number of hydrogen-bond acceptors (Lipinski definition) is 9. The number of carbonyl (C=O) groups excluding carboxylic acids is 3. The first-order chi connectivity index (χ1) is 19.6. The quantitative estimate of drug-likeness (QED) is 0.132. The lowest BCUT2D eigenvalue weighted by Crippen LogP contribution is -2.45. The zero-order valence-corrected chi connectivity index (χ0v) is 25.6. The number of hydrazone groups is 1. The molecule has 0 unspecified atom stereocenters.